The van der Waals surface area contributed by atoms with E-state index in [2.05, 4.69) is 39.1 Å². The summed E-state index contributed by atoms with van der Waals surface area (Å²) in [6.45, 7) is 3.02. The minimum Gasteiger partial charge on any atom is -0.366 e. The van der Waals surface area contributed by atoms with Crippen LogP contribution in [-0.4, -0.2) is 29.1 Å². The van der Waals surface area contributed by atoms with Crippen molar-refractivity contribution in [2.24, 2.45) is 0 Å². The second-order valence-electron chi connectivity index (χ2n) is 5.90. The third-order valence-electron chi connectivity index (χ3n) is 4.20. The Bertz CT molecular complexity index is 567. The van der Waals surface area contributed by atoms with E-state index >= 15 is 0 Å². The molecule has 3 nitrogen and oxygen atoms in total. The van der Waals surface area contributed by atoms with Gasteiger partial charge in [0.05, 0.1) is 11.1 Å². The summed E-state index contributed by atoms with van der Waals surface area (Å²) >= 11 is 9.44. The highest BCUT2D eigenvalue weighted by Gasteiger charge is 2.47. The Hall–Kier alpha value is -0.760. The maximum absolute atomic E-state index is 9.66. The molecule has 0 aromatic heterocycles. The lowest BCUT2D eigenvalue weighted by Crippen LogP contribution is -2.40. The van der Waals surface area contributed by atoms with Crippen molar-refractivity contribution in [3.63, 3.8) is 0 Å². The highest BCUT2D eigenvalue weighted by atomic mass is 79.9. The lowest BCUT2D eigenvalue weighted by molar-refractivity contribution is 0.255. The highest BCUT2D eigenvalue weighted by molar-refractivity contribution is 9.10. The molecule has 2 atom stereocenters. The maximum Gasteiger partial charge on any atom is 0.139 e. The summed E-state index contributed by atoms with van der Waals surface area (Å²) in [6, 6.07) is 9.37. The molecule has 3 rings (SSSR count). The number of likely N-dealkylation sites (tertiary alicyclic amines) is 1. The Morgan fingerprint density at radius 1 is 1.50 bits per heavy atom. The van der Waals surface area contributed by atoms with Gasteiger partial charge in [0.25, 0.3) is 0 Å². The van der Waals surface area contributed by atoms with Gasteiger partial charge in [0, 0.05) is 35.2 Å². The zero-order valence-electron chi connectivity index (χ0n) is 11.4. The van der Waals surface area contributed by atoms with Crippen molar-refractivity contribution in [1.29, 1.82) is 5.26 Å². The summed E-state index contributed by atoms with van der Waals surface area (Å²) in [5, 5.41) is 13.8. The van der Waals surface area contributed by atoms with E-state index in [4.69, 9.17) is 11.6 Å². The number of hydrogen-bond acceptors (Lipinski definition) is 3. The Kier molecular flexibility index (Phi) is 3.70. The topological polar surface area (TPSA) is 39.1 Å². The minimum absolute atomic E-state index is 0.463. The molecule has 0 radical (unpaired) electrons. The van der Waals surface area contributed by atoms with Gasteiger partial charge in [0.15, 0.2) is 0 Å². The predicted octanol–water partition coefficient (Wildman–Crippen LogP) is 4.03. The average molecular weight is 355 g/mol. The highest BCUT2D eigenvalue weighted by Crippen LogP contribution is 2.39. The van der Waals surface area contributed by atoms with Crippen LogP contribution in [0.4, 0.5) is 5.69 Å². The van der Waals surface area contributed by atoms with Crippen LogP contribution in [0.15, 0.2) is 22.7 Å². The van der Waals surface area contributed by atoms with Crippen molar-refractivity contribution in [2.75, 3.05) is 11.9 Å². The van der Waals surface area contributed by atoms with Gasteiger partial charge in [-0.05, 0) is 53.9 Å². The molecule has 2 aliphatic rings. The van der Waals surface area contributed by atoms with E-state index in [9.17, 15) is 5.26 Å². The number of halogens is 2. The van der Waals surface area contributed by atoms with Crippen molar-refractivity contribution in [2.45, 2.75) is 43.8 Å². The Balaban J connectivity index is 1.80. The van der Waals surface area contributed by atoms with Crippen molar-refractivity contribution in [1.82, 2.24) is 4.90 Å². The van der Waals surface area contributed by atoms with Crippen LogP contribution >= 0.6 is 27.5 Å². The van der Waals surface area contributed by atoms with Gasteiger partial charge in [0.2, 0.25) is 0 Å². The van der Waals surface area contributed by atoms with Gasteiger partial charge in [-0.25, -0.2) is 0 Å². The molecule has 2 unspecified atom stereocenters. The molecular formula is C15H17BrClN3. The fourth-order valence-corrected chi connectivity index (χ4v) is 3.59. The monoisotopic (exact) mass is 353 g/mol. The summed E-state index contributed by atoms with van der Waals surface area (Å²) in [5.74, 6) is 0. The predicted molar refractivity (Wildman–Crippen MR) is 84.9 cm³/mol. The van der Waals surface area contributed by atoms with Crippen molar-refractivity contribution in [3.8, 4) is 6.07 Å². The van der Waals surface area contributed by atoms with Crippen molar-refractivity contribution < 1.29 is 0 Å². The molecule has 20 heavy (non-hydrogen) atoms. The van der Waals surface area contributed by atoms with Crippen LogP contribution in [0.5, 0.6) is 0 Å². The van der Waals surface area contributed by atoms with E-state index in [0.29, 0.717) is 17.1 Å². The first-order chi connectivity index (χ1) is 9.53. The van der Waals surface area contributed by atoms with Crippen LogP contribution in [0.1, 0.15) is 26.2 Å². The molecule has 0 spiro atoms. The number of nitrogens with zero attached hydrogens (tertiary/aromatic N) is 2. The summed E-state index contributed by atoms with van der Waals surface area (Å²) in [5.41, 5.74) is 0.447. The molecule has 0 amide bonds. The Morgan fingerprint density at radius 3 is 2.85 bits per heavy atom. The molecule has 1 aromatic carbocycles. The Morgan fingerprint density at radius 2 is 2.25 bits per heavy atom. The van der Waals surface area contributed by atoms with Gasteiger partial charge < -0.3 is 5.32 Å². The second-order valence-corrected chi connectivity index (χ2v) is 7.17. The van der Waals surface area contributed by atoms with Crippen LogP contribution in [0.25, 0.3) is 0 Å². The van der Waals surface area contributed by atoms with Crippen molar-refractivity contribution in [3.05, 3.63) is 27.7 Å². The summed E-state index contributed by atoms with van der Waals surface area (Å²) < 4.78 is 0.849. The van der Waals surface area contributed by atoms with E-state index in [1.165, 1.54) is 12.8 Å². The number of hydrogen-bond donors (Lipinski definition) is 1. The smallest absolute Gasteiger partial charge is 0.139 e. The molecule has 1 saturated heterocycles. The summed E-state index contributed by atoms with van der Waals surface area (Å²) in [6.07, 6.45) is 3.41. The molecule has 2 fully saturated rings. The Labute approximate surface area is 133 Å². The standard InChI is InChI=1S/C15H17BrClN3/c1-10-7-15(8-18,9-20(10)12-3-4-12)19-11-2-5-14(17)13(16)6-11/h2,5-6,10,12,19H,3-4,7,9H2,1H3. The van der Waals surface area contributed by atoms with Crippen molar-refractivity contribution >= 4 is 33.2 Å². The van der Waals surface area contributed by atoms with Gasteiger partial charge in [-0.2, -0.15) is 5.26 Å². The van der Waals surface area contributed by atoms with Crippen LogP contribution in [0.2, 0.25) is 5.02 Å². The minimum atomic E-state index is -0.491. The van der Waals surface area contributed by atoms with Gasteiger partial charge in [-0.15, -0.1) is 0 Å². The summed E-state index contributed by atoms with van der Waals surface area (Å²) in [7, 11) is 0. The molecule has 1 aliphatic carbocycles. The average Bonchev–Trinajstić information content (AvgIpc) is 3.20. The molecule has 1 saturated carbocycles. The molecule has 106 valence electrons. The van der Waals surface area contributed by atoms with Crippen LogP contribution in [-0.2, 0) is 0 Å². The molecular weight excluding hydrogens is 338 g/mol. The van der Waals surface area contributed by atoms with E-state index in [-0.39, 0.29) is 0 Å². The second kappa shape index (κ2) is 5.22. The molecule has 1 heterocycles. The number of nitrogens with one attached hydrogen (secondary N) is 1. The molecule has 5 heteroatoms. The lowest BCUT2D eigenvalue weighted by atomic mass is 9.98. The number of rotatable bonds is 3. The third kappa shape index (κ3) is 2.67. The SMILES string of the molecule is CC1CC(C#N)(Nc2ccc(Cl)c(Br)c2)CN1C1CC1. The zero-order valence-corrected chi connectivity index (χ0v) is 13.7. The van der Waals surface area contributed by atoms with Gasteiger partial charge in [-0.1, -0.05) is 11.6 Å². The molecule has 1 aromatic rings. The summed E-state index contributed by atoms with van der Waals surface area (Å²) in [4.78, 5) is 2.47. The third-order valence-corrected chi connectivity index (χ3v) is 5.41. The van der Waals surface area contributed by atoms with E-state index in [1.807, 2.05) is 18.2 Å². The first-order valence-electron chi connectivity index (χ1n) is 6.93. The van der Waals surface area contributed by atoms with Crippen LogP contribution in [0, 0.1) is 11.3 Å². The van der Waals surface area contributed by atoms with Crippen LogP contribution < -0.4 is 5.32 Å². The quantitative estimate of drug-likeness (QED) is 0.890. The van der Waals surface area contributed by atoms with Gasteiger partial charge >= 0.3 is 0 Å². The number of nitriles is 1. The van der Waals surface area contributed by atoms with Crippen LogP contribution in [0.3, 0.4) is 0 Å². The van der Waals surface area contributed by atoms with E-state index in [0.717, 1.165) is 23.1 Å². The number of benzene rings is 1. The molecule has 1 aliphatic heterocycles. The molecule has 1 N–H and O–H groups in total. The van der Waals surface area contributed by atoms with E-state index < -0.39 is 5.54 Å². The lowest BCUT2D eigenvalue weighted by Gasteiger charge is -2.25. The maximum atomic E-state index is 9.66. The molecule has 0 bridgehead atoms. The fraction of sp³-hybridized carbons (Fsp3) is 0.533. The first kappa shape index (κ1) is 14.2. The first-order valence-corrected chi connectivity index (χ1v) is 8.10. The number of anilines is 1. The normalized spacial score (nSPS) is 30.2. The fourth-order valence-electron chi connectivity index (χ4n) is 3.10. The largest absolute Gasteiger partial charge is 0.366 e. The van der Waals surface area contributed by atoms with Gasteiger partial charge in [-0.3, -0.25) is 4.90 Å². The van der Waals surface area contributed by atoms with Gasteiger partial charge in [0.1, 0.15) is 5.54 Å². The zero-order chi connectivity index (χ0) is 14.3. The van der Waals surface area contributed by atoms with E-state index in [1.54, 1.807) is 0 Å².